The lowest BCUT2D eigenvalue weighted by Gasteiger charge is -2.25. The Balaban J connectivity index is 1.90. The summed E-state index contributed by atoms with van der Waals surface area (Å²) >= 11 is 0. The van der Waals surface area contributed by atoms with E-state index in [4.69, 9.17) is 14.2 Å². The summed E-state index contributed by atoms with van der Waals surface area (Å²) in [5, 5.41) is 10.3. The van der Waals surface area contributed by atoms with Gasteiger partial charge in [0.05, 0.1) is 13.7 Å². The molecule has 2 aromatic rings. The molecule has 2 aromatic carbocycles. The average Bonchev–Trinajstić information content (AvgIpc) is 2.67. The summed E-state index contributed by atoms with van der Waals surface area (Å²) in [4.78, 5) is 1.84. The van der Waals surface area contributed by atoms with E-state index in [9.17, 15) is 13.9 Å². The molecule has 5 nitrogen and oxygen atoms in total. The van der Waals surface area contributed by atoms with Gasteiger partial charge in [-0.1, -0.05) is 6.07 Å². The predicted octanol–water partition coefficient (Wildman–Crippen LogP) is 2.86. The van der Waals surface area contributed by atoms with Crippen LogP contribution in [0.1, 0.15) is 5.56 Å². The second kappa shape index (κ2) is 10.8. The third kappa shape index (κ3) is 7.13. The van der Waals surface area contributed by atoms with Gasteiger partial charge in [0.25, 0.3) is 0 Å². The first kappa shape index (κ1) is 21.1. The summed E-state index contributed by atoms with van der Waals surface area (Å²) in [5.41, 5.74) is 0.357. The highest BCUT2D eigenvalue weighted by atomic mass is 19.1. The number of hydrogen-bond donors (Lipinski definition) is 1. The maximum absolute atomic E-state index is 13.9. The summed E-state index contributed by atoms with van der Waals surface area (Å²) in [6.07, 6.45) is -0.785. The van der Waals surface area contributed by atoms with Gasteiger partial charge in [0.2, 0.25) is 0 Å². The second-order valence-corrected chi connectivity index (χ2v) is 6.10. The van der Waals surface area contributed by atoms with Gasteiger partial charge in [-0.15, -0.1) is 0 Å². The van der Waals surface area contributed by atoms with Crippen molar-refractivity contribution in [3.8, 4) is 11.5 Å². The summed E-state index contributed by atoms with van der Waals surface area (Å²) in [5.74, 6) is 0.104. The first-order valence-corrected chi connectivity index (χ1v) is 8.62. The molecule has 0 aliphatic heterocycles. The molecule has 1 N–H and O–H groups in total. The molecule has 27 heavy (non-hydrogen) atoms. The lowest BCUT2D eigenvalue weighted by Crippen LogP contribution is -2.37. The monoisotopic (exact) mass is 381 g/mol. The maximum atomic E-state index is 13.9. The Morgan fingerprint density at radius 2 is 1.74 bits per heavy atom. The van der Waals surface area contributed by atoms with Gasteiger partial charge in [-0.2, -0.15) is 0 Å². The maximum Gasteiger partial charge on any atom is 0.130 e. The van der Waals surface area contributed by atoms with Gasteiger partial charge in [0, 0.05) is 38.4 Å². The van der Waals surface area contributed by atoms with Crippen LogP contribution in [0, 0.1) is 11.6 Å². The van der Waals surface area contributed by atoms with Gasteiger partial charge in [-0.3, -0.25) is 4.90 Å². The molecule has 0 unspecified atom stereocenters. The molecule has 148 valence electrons. The standard InChI is InChI=1S/C20H25F2NO4/c1-25-10-9-23(12-15-3-4-16(21)11-20(15)22)13-17(24)14-27-19-7-5-18(26-2)6-8-19/h3-8,11,17,24H,9-10,12-14H2,1-2H3/t17-/m0/s1. The number of aliphatic hydroxyl groups is 1. The van der Waals surface area contributed by atoms with Gasteiger partial charge < -0.3 is 19.3 Å². The molecular weight excluding hydrogens is 356 g/mol. The fraction of sp³-hybridized carbons (Fsp3) is 0.400. The van der Waals surface area contributed by atoms with E-state index in [1.807, 2.05) is 4.90 Å². The molecule has 0 amide bonds. The van der Waals surface area contributed by atoms with Crippen LogP contribution >= 0.6 is 0 Å². The Hall–Kier alpha value is -2.22. The highest BCUT2D eigenvalue weighted by Crippen LogP contribution is 2.17. The zero-order valence-corrected chi connectivity index (χ0v) is 15.5. The molecule has 0 saturated heterocycles. The van der Waals surface area contributed by atoms with Crippen molar-refractivity contribution in [3.05, 3.63) is 59.7 Å². The molecule has 0 spiro atoms. The first-order chi connectivity index (χ1) is 13.0. The molecule has 0 bridgehead atoms. The van der Waals surface area contributed by atoms with Crippen molar-refractivity contribution in [1.82, 2.24) is 4.90 Å². The van der Waals surface area contributed by atoms with Crippen LogP contribution in [-0.2, 0) is 11.3 Å². The number of halogens is 2. The minimum atomic E-state index is -0.785. The molecule has 1 atom stereocenters. The lowest BCUT2D eigenvalue weighted by molar-refractivity contribution is 0.0538. The van der Waals surface area contributed by atoms with Crippen LogP contribution in [0.25, 0.3) is 0 Å². The molecular formula is C20H25F2NO4. The summed E-state index contributed by atoms with van der Waals surface area (Å²) in [6.45, 7) is 1.49. The van der Waals surface area contributed by atoms with Gasteiger partial charge in [0.1, 0.15) is 35.8 Å². The molecule has 0 fully saturated rings. The van der Waals surface area contributed by atoms with Gasteiger partial charge >= 0.3 is 0 Å². The van der Waals surface area contributed by atoms with E-state index < -0.39 is 17.7 Å². The zero-order valence-electron chi connectivity index (χ0n) is 15.5. The Morgan fingerprint density at radius 1 is 1.04 bits per heavy atom. The summed E-state index contributed by atoms with van der Waals surface area (Å²) in [7, 11) is 3.15. The minimum absolute atomic E-state index is 0.0850. The van der Waals surface area contributed by atoms with Crippen molar-refractivity contribution in [3.63, 3.8) is 0 Å². The zero-order chi connectivity index (χ0) is 19.6. The topological polar surface area (TPSA) is 51.2 Å². The van der Waals surface area contributed by atoms with E-state index in [0.717, 1.165) is 11.8 Å². The highest BCUT2D eigenvalue weighted by Gasteiger charge is 2.15. The highest BCUT2D eigenvalue weighted by molar-refractivity contribution is 5.31. The third-order valence-corrected chi connectivity index (χ3v) is 3.99. The fourth-order valence-corrected chi connectivity index (χ4v) is 2.56. The van der Waals surface area contributed by atoms with Gasteiger partial charge in [-0.25, -0.2) is 8.78 Å². The Morgan fingerprint density at radius 3 is 2.37 bits per heavy atom. The number of benzene rings is 2. The fourth-order valence-electron chi connectivity index (χ4n) is 2.56. The number of nitrogens with zero attached hydrogens (tertiary/aromatic N) is 1. The minimum Gasteiger partial charge on any atom is -0.497 e. The van der Waals surface area contributed by atoms with Gasteiger partial charge in [-0.05, 0) is 30.3 Å². The van der Waals surface area contributed by atoms with Crippen LogP contribution in [0.5, 0.6) is 11.5 Å². The van der Waals surface area contributed by atoms with E-state index in [0.29, 0.717) is 24.5 Å². The Bertz CT molecular complexity index is 697. The average molecular weight is 381 g/mol. The number of ether oxygens (including phenoxy) is 3. The Kier molecular flexibility index (Phi) is 8.44. The number of hydrogen-bond acceptors (Lipinski definition) is 5. The summed E-state index contributed by atoms with van der Waals surface area (Å²) in [6, 6.07) is 10.5. The van der Waals surface area contributed by atoms with Crippen molar-refractivity contribution < 1.29 is 28.1 Å². The number of methoxy groups -OCH3 is 2. The quantitative estimate of drug-likeness (QED) is 0.649. The normalized spacial score (nSPS) is 12.2. The Labute approximate surface area is 158 Å². The van der Waals surface area contributed by atoms with Crippen LogP contribution < -0.4 is 9.47 Å². The van der Waals surface area contributed by atoms with Crippen LogP contribution in [0.3, 0.4) is 0 Å². The van der Waals surface area contributed by atoms with Crippen molar-refractivity contribution in [2.45, 2.75) is 12.6 Å². The predicted molar refractivity (Wildman–Crippen MR) is 98.0 cm³/mol. The van der Waals surface area contributed by atoms with Crippen molar-refractivity contribution >= 4 is 0 Å². The van der Waals surface area contributed by atoms with Crippen molar-refractivity contribution in [2.24, 2.45) is 0 Å². The second-order valence-electron chi connectivity index (χ2n) is 6.10. The van der Waals surface area contributed by atoms with E-state index in [1.54, 1.807) is 38.5 Å². The molecule has 0 aromatic heterocycles. The molecule has 0 aliphatic rings. The smallest absolute Gasteiger partial charge is 0.130 e. The van der Waals surface area contributed by atoms with Crippen molar-refractivity contribution in [2.75, 3.05) is 40.5 Å². The van der Waals surface area contributed by atoms with E-state index in [2.05, 4.69) is 0 Å². The van der Waals surface area contributed by atoms with Crippen LogP contribution in [0.4, 0.5) is 8.78 Å². The lowest BCUT2D eigenvalue weighted by atomic mass is 10.2. The SMILES string of the molecule is COCCN(Cc1ccc(F)cc1F)C[C@H](O)COc1ccc(OC)cc1. The van der Waals surface area contributed by atoms with Gasteiger partial charge in [0.15, 0.2) is 0 Å². The third-order valence-electron chi connectivity index (χ3n) is 3.99. The van der Waals surface area contributed by atoms with Crippen LogP contribution in [0.2, 0.25) is 0 Å². The van der Waals surface area contributed by atoms with E-state index in [1.165, 1.54) is 12.1 Å². The first-order valence-electron chi connectivity index (χ1n) is 8.62. The van der Waals surface area contributed by atoms with Crippen molar-refractivity contribution in [1.29, 1.82) is 0 Å². The summed E-state index contributed by atoms with van der Waals surface area (Å²) < 4.78 is 42.7. The van der Waals surface area contributed by atoms with E-state index in [-0.39, 0.29) is 19.7 Å². The number of rotatable bonds is 11. The van der Waals surface area contributed by atoms with E-state index >= 15 is 0 Å². The van der Waals surface area contributed by atoms with Crippen LogP contribution in [-0.4, -0.2) is 56.6 Å². The molecule has 0 saturated carbocycles. The van der Waals surface area contributed by atoms with Crippen LogP contribution in [0.15, 0.2) is 42.5 Å². The largest absolute Gasteiger partial charge is 0.497 e. The molecule has 7 heteroatoms. The molecule has 0 aliphatic carbocycles. The number of aliphatic hydroxyl groups excluding tert-OH is 1. The molecule has 0 radical (unpaired) electrons. The molecule has 0 heterocycles. The molecule has 2 rings (SSSR count).